The molecule has 0 radical (unpaired) electrons. The number of benzene rings is 1. The molecule has 0 bridgehead atoms. The fourth-order valence-corrected chi connectivity index (χ4v) is 8.28. The van der Waals surface area contributed by atoms with Crippen molar-refractivity contribution in [1.29, 1.82) is 0 Å². The highest BCUT2D eigenvalue weighted by Crippen LogP contribution is 2.39. The Bertz CT molecular complexity index is 1780. The summed E-state index contributed by atoms with van der Waals surface area (Å²) >= 11 is 2.77. The number of hydrogen-bond acceptors (Lipinski definition) is 9. The third kappa shape index (κ3) is 8.78. The van der Waals surface area contributed by atoms with Gasteiger partial charge in [-0.2, -0.15) is 13.2 Å². The number of rotatable bonds is 11. The number of fused-ring (bicyclic) bond motifs is 1. The van der Waals surface area contributed by atoms with Crippen LogP contribution >= 0.6 is 22.7 Å². The second-order valence-corrected chi connectivity index (χ2v) is 16.6. The fourth-order valence-electron chi connectivity index (χ4n) is 4.01. The maximum atomic E-state index is 13.6. The van der Waals surface area contributed by atoms with E-state index in [1.807, 2.05) is 42.4 Å². The van der Waals surface area contributed by atoms with E-state index in [1.165, 1.54) is 28.9 Å². The summed E-state index contributed by atoms with van der Waals surface area (Å²) in [6, 6.07) is 11.1. The zero-order valence-corrected chi connectivity index (χ0v) is 26.3. The van der Waals surface area contributed by atoms with Crippen LogP contribution in [0.25, 0.3) is 21.6 Å². The van der Waals surface area contributed by atoms with Crippen molar-refractivity contribution in [2.75, 3.05) is 36.5 Å². The molecule has 10 nitrogen and oxygen atoms in total. The van der Waals surface area contributed by atoms with Crippen molar-refractivity contribution in [1.82, 2.24) is 14.9 Å². The molecule has 1 aromatic carbocycles. The minimum absolute atomic E-state index is 0.117. The second-order valence-electron chi connectivity index (χ2n) is 10.1. The molecule has 4 aromatic rings. The maximum absolute atomic E-state index is 13.6. The topological polar surface area (TPSA) is 141 Å². The number of carboxylic acid groups (broad SMARTS) is 1. The number of H-pyrrole nitrogens is 1. The number of para-hydroxylation sites is 1. The Labute approximate surface area is 254 Å². The van der Waals surface area contributed by atoms with E-state index in [2.05, 4.69) is 9.97 Å². The molecular weight excluding hydrogens is 650 g/mol. The number of nitrogens with zero attached hydrogens (tertiary/aromatic N) is 3. The van der Waals surface area contributed by atoms with E-state index in [9.17, 15) is 30.0 Å². The SMILES string of the molecule is CN(CCS(C)(=O)=O)Cc1cnc(-c2cc3cccc(N(CC4CC4)S(=O)(=O)c4cccs4)c3[nH]2)s1.O=C(O)C(F)(F)F. The summed E-state index contributed by atoms with van der Waals surface area (Å²) in [5.41, 5.74) is 2.25. The van der Waals surface area contributed by atoms with E-state index >= 15 is 0 Å². The zero-order chi connectivity index (χ0) is 31.6. The van der Waals surface area contributed by atoms with Crippen LogP contribution in [0, 0.1) is 5.92 Å². The Morgan fingerprint density at radius 3 is 2.44 bits per heavy atom. The van der Waals surface area contributed by atoms with Crippen LogP contribution in [0.5, 0.6) is 0 Å². The van der Waals surface area contributed by atoms with Gasteiger partial charge in [-0.3, -0.25) is 4.31 Å². The number of thiophene rings is 1. The maximum Gasteiger partial charge on any atom is 0.490 e. The van der Waals surface area contributed by atoms with E-state index in [4.69, 9.17) is 9.90 Å². The summed E-state index contributed by atoms with van der Waals surface area (Å²) in [6.45, 7) is 1.53. The van der Waals surface area contributed by atoms with Gasteiger partial charge in [-0.05, 0) is 49.4 Å². The van der Waals surface area contributed by atoms with Crippen molar-refractivity contribution >= 4 is 65.1 Å². The number of hydrogen-bond donors (Lipinski definition) is 2. The van der Waals surface area contributed by atoms with E-state index in [0.29, 0.717) is 35.4 Å². The number of thiazole rings is 1. The molecule has 234 valence electrons. The minimum atomic E-state index is -5.08. The van der Waals surface area contributed by atoms with E-state index in [-0.39, 0.29) is 5.75 Å². The van der Waals surface area contributed by atoms with Gasteiger partial charge in [-0.25, -0.2) is 26.6 Å². The molecule has 2 N–H and O–H groups in total. The number of aromatic amines is 1. The number of halogens is 3. The number of carboxylic acids is 1. The standard InChI is InChI=1S/C24H28N4O4S4.C2HF3O2/c1-27(10-12-35(2,29)30)16-19-14-25-24(34-19)20-13-18-5-3-6-21(23(18)26-20)28(15-17-8-9-17)36(31,32)22-7-4-11-33-22;3-2(4,5)1(6)7/h3-7,11,13-14,17,26H,8-10,12,15-16H2,1-2H3;(H,6,7). The lowest BCUT2D eigenvalue weighted by atomic mass is 10.2. The monoisotopic (exact) mass is 678 g/mol. The van der Waals surface area contributed by atoms with Gasteiger partial charge in [0.2, 0.25) is 0 Å². The number of carbonyl (C=O) groups is 1. The van der Waals surface area contributed by atoms with Crippen molar-refractivity contribution in [3.8, 4) is 10.7 Å². The Balaban J connectivity index is 0.000000541. The van der Waals surface area contributed by atoms with E-state index < -0.39 is 32.0 Å². The van der Waals surface area contributed by atoms with E-state index in [0.717, 1.165) is 39.3 Å². The van der Waals surface area contributed by atoms with Crippen molar-refractivity contribution in [3.63, 3.8) is 0 Å². The molecular formula is C26H29F3N4O6S4. The number of sulfone groups is 1. The second kappa shape index (κ2) is 12.9. The molecule has 1 saturated carbocycles. The van der Waals surface area contributed by atoms with Crippen LogP contribution in [0.3, 0.4) is 0 Å². The third-order valence-corrected chi connectivity index (χ3v) is 11.5. The fraction of sp³-hybridized carbons (Fsp3) is 0.385. The van der Waals surface area contributed by atoms with Crippen LogP contribution in [0.2, 0.25) is 0 Å². The van der Waals surface area contributed by atoms with Crippen molar-refractivity contribution in [2.45, 2.75) is 29.8 Å². The summed E-state index contributed by atoms with van der Waals surface area (Å²) in [5.74, 6) is -2.26. The first-order valence-electron chi connectivity index (χ1n) is 12.8. The van der Waals surface area contributed by atoms with Gasteiger partial charge >= 0.3 is 12.1 Å². The van der Waals surface area contributed by atoms with Gasteiger partial charge in [0.15, 0.2) is 0 Å². The number of alkyl halides is 3. The van der Waals surface area contributed by atoms with Crippen LogP contribution in [0.1, 0.15) is 17.7 Å². The molecule has 0 spiro atoms. The molecule has 0 unspecified atom stereocenters. The number of anilines is 1. The average Bonchev–Trinajstić information content (AvgIpc) is 3.30. The molecule has 43 heavy (non-hydrogen) atoms. The van der Waals surface area contributed by atoms with Gasteiger partial charge in [0.1, 0.15) is 19.1 Å². The molecule has 0 aliphatic heterocycles. The summed E-state index contributed by atoms with van der Waals surface area (Å²) in [7, 11) is -4.79. The smallest absolute Gasteiger partial charge is 0.475 e. The molecule has 3 aromatic heterocycles. The molecule has 1 fully saturated rings. The van der Waals surface area contributed by atoms with Crippen molar-refractivity contribution in [3.05, 3.63) is 52.9 Å². The van der Waals surface area contributed by atoms with Crippen LogP contribution in [0.15, 0.2) is 52.2 Å². The van der Waals surface area contributed by atoms with Gasteiger partial charge in [-0.1, -0.05) is 18.2 Å². The van der Waals surface area contributed by atoms with Gasteiger partial charge < -0.3 is 15.0 Å². The lowest BCUT2D eigenvalue weighted by molar-refractivity contribution is -0.192. The Morgan fingerprint density at radius 1 is 1.16 bits per heavy atom. The van der Waals surface area contributed by atoms with Gasteiger partial charge in [-0.15, -0.1) is 22.7 Å². The van der Waals surface area contributed by atoms with Crippen LogP contribution in [-0.2, 0) is 31.2 Å². The predicted octanol–water partition coefficient (Wildman–Crippen LogP) is 5.07. The summed E-state index contributed by atoms with van der Waals surface area (Å²) in [6.07, 6.45) is 0.0587. The first-order chi connectivity index (χ1) is 20.0. The first-order valence-corrected chi connectivity index (χ1v) is 18.0. The molecule has 0 saturated heterocycles. The lowest BCUT2D eigenvalue weighted by Crippen LogP contribution is -2.32. The molecule has 1 aliphatic carbocycles. The van der Waals surface area contributed by atoms with Crippen LogP contribution in [0.4, 0.5) is 18.9 Å². The molecule has 5 rings (SSSR count). The van der Waals surface area contributed by atoms with Crippen molar-refractivity contribution in [2.24, 2.45) is 5.92 Å². The largest absolute Gasteiger partial charge is 0.490 e. The van der Waals surface area contributed by atoms with Crippen LogP contribution < -0.4 is 4.31 Å². The number of aromatic nitrogens is 2. The van der Waals surface area contributed by atoms with Gasteiger partial charge in [0.05, 0.1) is 22.7 Å². The van der Waals surface area contributed by atoms with Crippen LogP contribution in [-0.4, -0.2) is 81.1 Å². The number of aliphatic carboxylic acids is 1. The lowest BCUT2D eigenvalue weighted by Gasteiger charge is -2.24. The zero-order valence-electron chi connectivity index (χ0n) is 23.0. The highest BCUT2D eigenvalue weighted by molar-refractivity contribution is 7.94. The Kier molecular flexibility index (Phi) is 9.90. The van der Waals surface area contributed by atoms with Gasteiger partial charge in [0.25, 0.3) is 10.0 Å². The first kappa shape index (κ1) is 32.9. The Hall–Kier alpha value is -2.99. The third-order valence-electron chi connectivity index (χ3n) is 6.36. The molecule has 0 amide bonds. The predicted molar refractivity (Wildman–Crippen MR) is 161 cm³/mol. The normalized spacial score (nSPS) is 14.1. The van der Waals surface area contributed by atoms with E-state index in [1.54, 1.807) is 21.8 Å². The average molecular weight is 679 g/mol. The molecule has 1 aliphatic rings. The quantitative estimate of drug-likeness (QED) is 0.224. The summed E-state index contributed by atoms with van der Waals surface area (Å²) in [5, 5.41) is 10.6. The Morgan fingerprint density at radius 2 is 1.86 bits per heavy atom. The minimum Gasteiger partial charge on any atom is -0.475 e. The number of nitrogens with one attached hydrogen (secondary N) is 1. The van der Waals surface area contributed by atoms with Gasteiger partial charge in [0, 0.05) is 42.4 Å². The van der Waals surface area contributed by atoms with Crippen molar-refractivity contribution < 1.29 is 39.9 Å². The molecule has 3 heterocycles. The summed E-state index contributed by atoms with van der Waals surface area (Å²) < 4.78 is 83.7. The highest BCUT2D eigenvalue weighted by Gasteiger charge is 2.38. The summed E-state index contributed by atoms with van der Waals surface area (Å²) in [4.78, 5) is 19.9. The molecule has 0 atom stereocenters. The highest BCUT2D eigenvalue weighted by atomic mass is 32.2. The number of sulfonamides is 1. The molecule has 17 heteroatoms.